The molecule has 30 heavy (non-hydrogen) atoms. The number of piperazine rings is 1. The smallest absolute Gasteiger partial charge is 0.230 e. The van der Waals surface area contributed by atoms with E-state index in [1.54, 1.807) is 6.26 Å². The SMILES string of the molecule is CCc1nc2sc([C@@H](c3ccco3)N3CCN(c4ccc(F)cc4)CC3)c(O)n2n1. The summed E-state index contributed by atoms with van der Waals surface area (Å²) in [7, 11) is 0. The Morgan fingerprint density at radius 2 is 1.93 bits per heavy atom. The largest absolute Gasteiger partial charge is 0.492 e. The second kappa shape index (κ2) is 7.73. The van der Waals surface area contributed by atoms with Crippen molar-refractivity contribution in [2.24, 2.45) is 0 Å². The van der Waals surface area contributed by atoms with E-state index in [-0.39, 0.29) is 17.7 Å². The van der Waals surface area contributed by atoms with Crippen molar-refractivity contribution in [2.75, 3.05) is 31.1 Å². The molecule has 0 bridgehead atoms. The molecule has 1 aromatic carbocycles. The molecule has 0 amide bonds. The third kappa shape index (κ3) is 3.33. The molecular weight excluding hydrogens is 405 g/mol. The Kier molecular flexibility index (Phi) is 4.92. The average molecular weight is 428 g/mol. The lowest BCUT2D eigenvalue weighted by Gasteiger charge is -2.39. The molecule has 5 rings (SSSR count). The molecular formula is C21H22FN5O2S. The zero-order valence-electron chi connectivity index (χ0n) is 16.5. The molecule has 0 radical (unpaired) electrons. The summed E-state index contributed by atoms with van der Waals surface area (Å²) < 4.78 is 20.5. The third-order valence-electron chi connectivity index (χ3n) is 5.49. The lowest BCUT2D eigenvalue weighted by atomic mass is 10.1. The minimum atomic E-state index is -0.228. The van der Waals surface area contributed by atoms with Crippen LogP contribution in [0.4, 0.5) is 10.1 Å². The first-order chi connectivity index (χ1) is 14.6. The molecule has 1 N–H and O–H groups in total. The molecule has 1 fully saturated rings. The topological polar surface area (TPSA) is 70.0 Å². The molecule has 4 heterocycles. The number of benzene rings is 1. The van der Waals surface area contributed by atoms with Crippen LogP contribution in [0.25, 0.3) is 4.96 Å². The number of aromatic nitrogens is 3. The van der Waals surface area contributed by atoms with E-state index in [0.29, 0.717) is 10.8 Å². The molecule has 0 unspecified atom stereocenters. The van der Waals surface area contributed by atoms with E-state index in [1.165, 1.54) is 28.0 Å². The van der Waals surface area contributed by atoms with Crippen LogP contribution in [-0.2, 0) is 6.42 Å². The highest BCUT2D eigenvalue weighted by atomic mass is 32.1. The Morgan fingerprint density at radius 3 is 2.57 bits per heavy atom. The molecule has 0 aliphatic carbocycles. The predicted molar refractivity (Wildman–Crippen MR) is 113 cm³/mol. The number of thiazole rings is 1. The fraction of sp³-hybridized carbons (Fsp3) is 0.333. The molecule has 1 aliphatic heterocycles. The van der Waals surface area contributed by atoms with Crippen molar-refractivity contribution in [3.63, 3.8) is 0 Å². The number of furan rings is 1. The summed E-state index contributed by atoms with van der Waals surface area (Å²) in [6.07, 6.45) is 2.37. The van der Waals surface area contributed by atoms with E-state index in [1.807, 2.05) is 31.2 Å². The van der Waals surface area contributed by atoms with Gasteiger partial charge in [-0.05, 0) is 36.4 Å². The number of anilines is 1. The van der Waals surface area contributed by atoms with Gasteiger partial charge in [-0.3, -0.25) is 4.90 Å². The Labute approximate surface area is 177 Å². The quantitative estimate of drug-likeness (QED) is 0.524. The molecule has 156 valence electrons. The van der Waals surface area contributed by atoms with E-state index in [9.17, 15) is 9.50 Å². The fourth-order valence-electron chi connectivity index (χ4n) is 3.93. The maximum Gasteiger partial charge on any atom is 0.230 e. The summed E-state index contributed by atoms with van der Waals surface area (Å²) in [4.78, 5) is 10.5. The molecule has 0 spiro atoms. The van der Waals surface area contributed by atoms with Crippen LogP contribution in [-0.4, -0.2) is 50.8 Å². The van der Waals surface area contributed by atoms with Gasteiger partial charge < -0.3 is 14.4 Å². The van der Waals surface area contributed by atoms with Crippen LogP contribution in [0.15, 0.2) is 47.1 Å². The van der Waals surface area contributed by atoms with Crippen molar-refractivity contribution in [3.8, 4) is 5.88 Å². The van der Waals surface area contributed by atoms with Gasteiger partial charge in [0.15, 0.2) is 5.82 Å². The van der Waals surface area contributed by atoms with Gasteiger partial charge >= 0.3 is 0 Å². The Morgan fingerprint density at radius 1 is 1.17 bits per heavy atom. The highest BCUT2D eigenvalue weighted by Crippen LogP contribution is 2.40. The van der Waals surface area contributed by atoms with Gasteiger partial charge in [-0.1, -0.05) is 18.3 Å². The number of rotatable bonds is 5. The maximum atomic E-state index is 13.2. The van der Waals surface area contributed by atoms with Crippen molar-refractivity contribution < 1.29 is 13.9 Å². The number of nitrogens with zero attached hydrogens (tertiary/aromatic N) is 5. The van der Waals surface area contributed by atoms with Gasteiger partial charge in [-0.25, -0.2) is 9.37 Å². The summed E-state index contributed by atoms with van der Waals surface area (Å²) in [5.74, 6) is 1.38. The molecule has 7 nitrogen and oxygen atoms in total. The number of halogens is 1. The monoisotopic (exact) mass is 427 g/mol. The van der Waals surface area contributed by atoms with Crippen molar-refractivity contribution in [1.29, 1.82) is 0 Å². The van der Waals surface area contributed by atoms with Gasteiger partial charge in [-0.15, -0.1) is 5.10 Å². The lowest BCUT2D eigenvalue weighted by Crippen LogP contribution is -2.47. The molecule has 4 aromatic rings. The van der Waals surface area contributed by atoms with Crippen molar-refractivity contribution >= 4 is 22.0 Å². The van der Waals surface area contributed by atoms with Gasteiger partial charge in [0.25, 0.3) is 0 Å². The lowest BCUT2D eigenvalue weighted by molar-refractivity contribution is 0.191. The van der Waals surface area contributed by atoms with Gasteiger partial charge in [-0.2, -0.15) is 4.52 Å². The van der Waals surface area contributed by atoms with Gasteiger partial charge in [0, 0.05) is 38.3 Å². The highest BCUT2D eigenvalue weighted by Gasteiger charge is 2.33. The normalized spacial score (nSPS) is 16.4. The van der Waals surface area contributed by atoms with Crippen LogP contribution in [0.5, 0.6) is 5.88 Å². The van der Waals surface area contributed by atoms with Crippen molar-refractivity contribution in [3.05, 3.63) is 64.9 Å². The summed E-state index contributed by atoms with van der Waals surface area (Å²) in [6.45, 7) is 5.13. The van der Waals surface area contributed by atoms with Crippen LogP contribution in [0.1, 0.15) is 29.4 Å². The zero-order chi connectivity index (χ0) is 20.7. The molecule has 3 aromatic heterocycles. The second-order valence-electron chi connectivity index (χ2n) is 7.28. The fourth-order valence-corrected chi connectivity index (χ4v) is 5.05. The molecule has 1 atom stereocenters. The van der Waals surface area contributed by atoms with Gasteiger partial charge in [0.2, 0.25) is 10.8 Å². The summed E-state index contributed by atoms with van der Waals surface area (Å²) in [5, 5.41) is 15.3. The van der Waals surface area contributed by atoms with Crippen LogP contribution in [0, 0.1) is 5.82 Å². The Balaban J connectivity index is 1.43. The van der Waals surface area contributed by atoms with E-state index < -0.39 is 0 Å². The summed E-state index contributed by atoms with van der Waals surface area (Å²) >= 11 is 1.44. The van der Waals surface area contributed by atoms with Crippen molar-refractivity contribution in [1.82, 2.24) is 19.5 Å². The van der Waals surface area contributed by atoms with Gasteiger partial charge in [0.05, 0.1) is 11.1 Å². The summed E-state index contributed by atoms with van der Waals surface area (Å²) in [5.41, 5.74) is 1.01. The van der Waals surface area contributed by atoms with Gasteiger partial charge in [0.1, 0.15) is 17.6 Å². The third-order valence-corrected chi connectivity index (χ3v) is 6.56. The Hall–Kier alpha value is -2.91. The van der Waals surface area contributed by atoms with Crippen LogP contribution >= 0.6 is 11.3 Å². The minimum Gasteiger partial charge on any atom is -0.492 e. The summed E-state index contributed by atoms with van der Waals surface area (Å²) in [6, 6.07) is 10.2. The number of fused-ring (bicyclic) bond motifs is 1. The van der Waals surface area contributed by atoms with E-state index >= 15 is 0 Å². The number of aryl methyl sites for hydroxylation is 1. The van der Waals surface area contributed by atoms with E-state index in [0.717, 1.165) is 48.9 Å². The molecule has 9 heteroatoms. The first-order valence-corrected chi connectivity index (χ1v) is 10.8. The maximum absolute atomic E-state index is 13.2. The number of aromatic hydroxyl groups is 1. The second-order valence-corrected chi connectivity index (χ2v) is 8.29. The number of hydrogen-bond donors (Lipinski definition) is 1. The first-order valence-electron chi connectivity index (χ1n) is 9.99. The average Bonchev–Trinajstić information content (AvgIpc) is 3.49. The van der Waals surface area contributed by atoms with Crippen LogP contribution in [0.3, 0.4) is 0 Å². The zero-order valence-corrected chi connectivity index (χ0v) is 17.3. The minimum absolute atomic E-state index is 0.115. The highest BCUT2D eigenvalue weighted by molar-refractivity contribution is 7.17. The van der Waals surface area contributed by atoms with Crippen molar-refractivity contribution in [2.45, 2.75) is 19.4 Å². The molecule has 0 saturated carbocycles. The Bertz CT molecular complexity index is 1130. The standard InChI is InChI=1S/C21H22FN5O2S/c1-2-17-23-21-27(24-17)20(28)19(30-21)18(16-4-3-13-29-16)26-11-9-25(10-12-26)15-7-5-14(22)6-8-15/h3-8,13,18,28H,2,9-12H2,1H3/t18-/m1/s1. The van der Waals surface area contributed by atoms with E-state index in [4.69, 9.17) is 4.42 Å². The number of hydrogen-bond acceptors (Lipinski definition) is 7. The van der Waals surface area contributed by atoms with E-state index in [2.05, 4.69) is 19.9 Å². The van der Waals surface area contributed by atoms with Crippen LogP contribution < -0.4 is 4.90 Å². The molecule has 1 aliphatic rings. The molecule has 1 saturated heterocycles. The predicted octanol–water partition coefficient (Wildman–Crippen LogP) is 3.70. The van der Waals surface area contributed by atoms with Crippen LogP contribution in [0.2, 0.25) is 0 Å². The first kappa shape index (κ1) is 19.1.